The van der Waals surface area contributed by atoms with Crippen molar-refractivity contribution in [2.75, 3.05) is 7.11 Å². The van der Waals surface area contributed by atoms with Crippen LogP contribution in [0.2, 0.25) is 0 Å². The van der Waals surface area contributed by atoms with E-state index in [9.17, 15) is 18.0 Å². The van der Waals surface area contributed by atoms with E-state index < -0.39 is 28.4 Å². The van der Waals surface area contributed by atoms with Crippen molar-refractivity contribution >= 4 is 17.5 Å². The standard InChI is InChI=1S/C25H27ClF3N3O2/c1-34-20-9-4-17(5-10-20)21-12-13-31-32(21)15-16-2-6-18(7-3-16)24(23(30)33)14-19(25(27,28)29)8-11-22(24)26/h4-5,8-14,16,18,22H,2-3,6-7,15H2,1H3,(H2,30,33). The molecule has 0 saturated heterocycles. The summed E-state index contributed by atoms with van der Waals surface area (Å²) in [5.41, 5.74) is 5.26. The lowest BCUT2D eigenvalue weighted by molar-refractivity contribution is -0.128. The number of hydrogen-bond acceptors (Lipinski definition) is 3. The summed E-state index contributed by atoms with van der Waals surface area (Å²) in [5, 5.41) is 3.56. The Morgan fingerprint density at radius 3 is 2.47 bits per heavy atom. The number of halogens is 4. The number of nitrogens with zero attached hydrogens (tertiary/aromatic N) is 2. The molecule has 4 rings (SSSR count). The highest BCUT2D eigenvalue weighted by molar-refractivity contribution is 6.24. The molecule has 34 heavy (non-hydrogen) atoms. The van der Waals surface area contributed by atoms with E-state index in [0.29, 0.717) is 19.4 Å². The van der Waals surface area contributed by atoms with Gasteiger partial charge in [0.2, 0.25) is 5.91 Å². The van der Waals surface area contributed by atoms with Crippen LogP contribution in [0.4, 0.5) is 13.2 Å². The molecule has 5 nitrogen and oxygen atoms in total. The van der Waals surface area contributed by atoms with Gasteiger partial charge in [0.05, 0.1) is 29.2 Å². The molecule has 2 aliphatic carbocycles. The van der Waals surface area contributed by atoms with E-state index in [1.54, 1.807) is 13.3 Å². The van der Waals surface area contributed by atoms with Crippen LogP contribution >= 0.6 is 11.6 Å². The lowest BCUT2D eigenvalue weighted by Crippen LogP contribution is -2.50. The summed E-state index contributed by atoms with van der Waals surface area (Å²) in [7, 11) is 1.62. The highest BCUT2D eigenvalue weighted by atomic mass is 35.5. The molecule has 2 aliphatic rings. The Morgan fingerprint density at radius 1 is 1.21 bits per heavy atom. The fraction of sp³-hybridized carbons (Fsp3) is 0.440. The number of allylic oxidation sites excluding steroid dienone is 3. The van der Waals surface area contributed by atoms with Crippen molar-refractivity contribution in [3.05, 3.63) is 60.3 Å². The van der Waals surface area contributed by atoms with Crippen LogP contribution in [0.1, 0.15) is 25.7 Å². The number of carbonyl (C=O) groups excluding carboxylic acids is 1. The number of nitrogens with two attached hydrogens (primary N) is 1. The summed E-state index contributed by atoms with van der Waals surface area (Å²) in [6.07, 6.45) is 2.93. The summed E-state index contributed by atoms with van der Waals surface area (Å²) >= 11 is 6.42. The summed E-state index contributed by atoms with van der Waals surface area (Å²) < 4.78 is 47.4. The average Bonchev–Trinajstić information content (AvgIpc) is 3.27. The Balaban J connectivity index is 1.48. The number of alkyl halides is 4. The molecule has 1 amide bonds. The number of ether oxygens (including phenoxy) is 1. The first kappa shape index (κ1) is 24.4. The summed E-state index contributed by atoms with van der Waals surface area (Å²) in [6, 6.07) is 9.69. The smallest absolute Gasteiger partial charge is 0.416 e. The molecular weight excluding hydrogens is 467 g/mol. The fourth-order valence-corrected chi connectivity index (χ4v) is 5.63. The molecule has 2 aromatic rings. The quantitative estimate of drug-likeness (QED) is 0.540. The summed E-state index contributed by atoms with van der Waals surface area (Å²) in [4.78, 5) is 12.5. The molecule has 1 heterocycles. The van der Waals surface area contributed by atoms with E-state index in [-0.39, 0.29) is 11.8 Å². The Labute approximate surface area is 201 Å². The third-order valence-electron chi connectivity index (χ3n) is 7.11. The van der Waals surface area contributed by atoms with Gasteiger partial charge in [0, 0.05) is 18.3 Å². The lowest BCUT2D eigenvalue weighted by Gasteiger charge is -2.43. The molecule has 2 atom stereocenters. The second-order valence-electron chi connectivity index (χ2n) is 9.00. The zero-order valence-corrected chi connectivity index (χ0v) is 19.5. The maximum Gasteiger partial charge on any atom is 0.416 e. The zero-order chi connectivity index (χ0) is 24.5. The predicted octanol–water partition coefficient (Wildman–Crippen LogP) is 5.50. The zero-order valence-electron chi connectivity index (χ0n) is 18.8. The summed E-state index contributed by atoms with van der Waals surface area (Å²) in [5.74, 6) is -0.118. The molecule has 2 unspecified atom stereocenters. The van der Waals surface area contributed by atoms with Crippen LogP contribution in [0.5, 0.6) is 5.75 Å². The van der Waals surface area contributed by atoms with Crippen molar-refractivity contribution in [2.45, 2.75) is 43.8 Å². The van der Waals surface area contributed by atoms with Crippen LogP contribution in [0.25, 0.3) is 11.3 Å². The van der Waals surface area contributed by atoms with Gasteiger partial charge in [-0.05, 0) is 67.9 Å². The third-order valence-corrected chi connectivity index (χ3v) is 7.61. The number of aromatic nitrogens is 2. The average molecular weight is 494 g/mol. The van der Waals surface area contributed by atoms with E-state index in [1.807, 2.05) is 35.0 Å². The first-order valence-corrected chi connectivity index (χ1v) is 11.7. The van der Waals surface area contributed by atoms with Crippen LogP contribution in [-0.4, -0.2) is 34.4 Å². The summed E-state index contributed by atoms with van der Waals surface area (Å²) in [6.45, 7) is 0.679. The highest BCUT2D eigenvalue weighted by Crippen LogP contribution is 2.50. The van der Waals surface area contributed by atoms with Crippen LogP contribution in [-0.2, 0) is 11.3 Å². The highest BCUT2D eigenvalue weighted by Gasteiger charge is 2.51. The molecule has 0 aliphatic heterocycles. The Hall–Kier alpha value is -2.74. The van der Waals surface area contributed by atoms with Gasteiger partial charge >= 0.3 is 6.18 Å². The van der Waals surface area contributed by atoms with E-state index in [4.69, 9.17) is 22.1 Å². The molecule has 1 fully saturated rings. The molecule has 9 heteroatoms. The first-order chi connectivity index (χ1) is 16.1. The third kappa shape index (κ3) is 4.60. The van der Waals surface area contributed by atoms with E-state index in [1.165, 1.54) is 6.08 Å². The minimum atomic E-state index is -4.57. The number of amides is 1. The van der Waals surface area contributed by atoms with Crippen molar-refractivity contribution in [2.24, 2.45) is 23.0 Å². The van der Waals surface area contributed by atoms with Crippen molar-refractivity contribution < 1.29 is 22.7 Å². The Bertz CT molecular complexity index is 1090. The second-order valence-corrected chi connectivity index (χ2v) is 9.47. The number of hydrogen-bond donors (Lipinski definition) is 1. The fourth-order valence-electron chi connectivity index (χ4n) is 5.21. The second kappa shape index (κ2) is 9.49. The minimum Gasteiger partial charge on any atom is -0.497 e. The molecule has 0 spiro atoms. The number of rotatable bonds is 6. The molecule has 1 aromatic heterocycles. The van der Waals surface area contributed by atoms with Crippen molar-refractivity contribution in [3.8, 4) is 17.0 Å². The maximum absolute atomic E-state index is 13.4. The Morgan fingerprint density at radius 2 is 1.88 bits per heavy atom. The van der Waals surface area contributed by atoms with Gasteiger partial charge in [-0.1, -0.05) is 18.2 Å². The van der Waals surface area contributed by atoms with Crippen LogP contribution in [0.15, 0.2) is 60.3 Å². The van der Waals surface area contributed by atoms with Gasteiger partial charge in [0.25, 0.3) is 0 Å². The topological polar surface area (TPSA) is 70.1 Å². The van der Waals surface area contributed by atoms with Gasteiger partial charge in [0.15, 0.2) is 0 Å². The maximum atomic E-state index is 13.4. The van der Waals surface area contributed by atoms with Gasteiger partial charge in [-0.25, -0.2) is 0 Å². The van der Waals surface area contributed by atoms with Gasteiger partial charge in [-0.15, -0.1) is 11.6 Å². The molecule has 1 saturated carbocycles. The van der Waals surface area contributed by atoms with Crippen molar-refractivity contribution in [1.29, 1.82) is 0 Å². The molecule has 1 aromatic carbocycles. The minimum absolute atomic E-state index is 0.275. The Kier molecular flexibility index (Phi) is 6.80. The number of primary amides is 1. The van der Waals surface area contributed by atoms with Gasteiger partial charge in [-0.3, -0.25) is 9.48 Å². The van der Waals surface area contributed by atoms with Crippen LogP contribution in [0, 0.1) is 17.3 Å². The van der Waals surface area contributed by atoms with Crippen molar-refractivity contribution in [3.63, 3.8) is 0 Å². The molecule has 2 N–H and O–H groups in total. The van der Waals surface area contributed by atoms with Gasteiger partial charge in [0.1, 0.15) is 5.75 Å². The molecular formula is C25H27ClF3N3O2. The van der Waals surface area contributed by atoms with E-state index >= 15 is 0 Å². The van der Waals surface area contributed by atoms with Gasteiger partial charge < -0.3 is 10.5 Å². The van der Waals surface area contributed by atoms with Crippen LogP contribution < -0.4 is 10.5 Å². The normalized spacial score (nSPS) is 27.3. The predicted molar refractivity (Wildman–Crippen MR) is 124 cm³/mol. The van der Waals surface area contributed by atoms with E-state index in [0.717, 1.165) is 42.0 Å². The largest absolute Gasteiger partial charge is 0.497 e. The molecule has 0 radical (unpaired) electrons. The first-order valence-electron chi connectivity index (χ1n) is 11.2. The van der Waals surface area contributed by atoms with Gasteiger partial charge in [-0.2, -0.15) is 18.3 Å². The van der Waals surface area contributed by atoms with Crippen molar-refractivity contribution in [1.82, 2.24) is 9.78 Å². The SMILES string of the molecule is COc1ccc(-c2ccnn2CC2CCC(C3(C(N)=O)C=C(C(F)(F)F)C=CC3Cl)CC2)cc1. The molecule has 0 bridgehead atoms. The number of methoxy groups -OCH3 is 1. The molecule has 182 valence electrons. The number of benzene rings is 1. The van der Waals surface area contributed by atoms with E-state index in [2.05, 4.69) is 5.10 Å². The number of carbonyl (C=O) groups is 1. The monoisotopic (exact) mass is 493 g/mol. The lowest BCUT2D eigenvalue weighted by atomic mass is 9.62. The van der Waals surface area contributed by atoms with Crippen LogP contribution in [0.3, 0.4) is 0 Å².